The Morgan fingerprint density at radius 3 is 2.11 bits per heavy atom. The smallest absolute Gasteiger partial charge is 0.0758 e. The minimum absolute atomic E-state index is 0.601. The molecule has 2 fully saturated rings. The van der Waals surface area contributed by atoms with E-state index in [0.717, 1.165) is 16.8 Å². The van der Waals surface area contributed by atoms with Crippen LogP contribution in [0.15, 0.2) is 0 Å². The Hall–Kier alpha value is -0.110. The van der Waals surface area contributed by atoms with Crippen LogP contribution >= 0.6 is 12.2 Å². The van der Waals surface area contributed by atoms with Gasteiger partial charge in [0.2, 0.25) is 0 Å². The fourth-order valence-electron chi connectivity index (χ4n) is 1.95. The van der Waals surface area contributed by atoms with Gasteiger partial charge in [-0.2, -0.15) is 0 Å². The van der Waals surface area contributed by atoms with Crippen LogP contribution in [0.25, 0.3) is 0 Å². The van der Waals surface area contributed by atoms with Gasteiger partial charge in [0.05, 0.1) is 4.99 Å². The highest BCUT2D eigenvalue weighted by Crippen LogP contribution is 2.54. The first kappa shape index (κ1) is 5.66. The van der Waals surface area contributed by atoms with Crippen LogP contribution in [0.5, 0.6) is 0 Å². The van der Waals surface area contributed by atoms with Gasteiger partial charge in [-0.05, 0) is 31.1 Å². The number of rotatable bonds is 1. The second kappa shape index (κ2) is 1.69. The van der Waals surface area contributed by atoms with Gasteiger partial charge in [-0.1, -0.05) is 12.2 Å². The first-order valence-electron chi connectivity index (χ1n) is 3.56. The summed E-state index contributed by atoms with van der Waals surface area (Å²) >= 11 is 4.91. The predicted molar refractivity (Wildman–Crippen MR) is 41.1 cm³/mol. The second-order valence-electron chi connectivity index (χ2n) is 3.33. The van der Waals surface area contributed by atoms with Crippen molar-refractivity contribution in [3.05, 3.63) is 0 Å². The SMILES string of the molecule is NC(=S)C1CC2CC2C1. The standard InChI is InChI=1S/C7H11NS/c8-7(9)6-2-4-1-5(4)3-6/h4-6H,1-3H2,(H2,8,9). The molecular weight excluding hydrogens is 130 g/mol. The number of hydrogen-bond donors (Lipinski definition) is 1. The molecule has 0 spiro atoms. The third-order valence-corrected chi connectivity index (χ3v) is 2.98. The Labute approximate surface area is 60.6 Å². The van der Waals surface area contributed by atoms with E-state index in [0.29, 0.717) is 5.92 Å². The second-order valence-corrected chi connectivity index (χ2v) is 3.80. The lowest BCUT2D eigenvalue weighted by molar-refractivity contribution is 0.627. The highest BCUT2D eigenvalue weighted by atomic mass is 32.1. The predicted octanol–water partition coefficient (Wildman–Crippen LogP) is 1.32. The number of thiocarbonyl (C=S) groups is 1. The molecule has 0 aliphatic heterocycles. The Morgan fingerprint density at radius 1 is 1.22 bits per heavy atom. The highest BCUT2D eigenvalue weighted by molar-refractivity contribution is 7.80. The zero-order valence-corrected chi connectivity index (χ0v) is 6.16. The molecule has 0 aromatic heterocycles. The van der Waals surface area contributed by atoms with E-state index < -0.39 is 0 Å². The van der Waals surface area contributed by atoms with Gasteiger partial charge >= 0.3 is 0 Å². The van der Waals surface area contributed by atoms with E-state index in [-0.39, 0.29) is 0 Å². The van der Waals surface area contributed by atoms with Gasteiger partial charge in [-0.15, -0.1) is 0 Å². The first-order chi connectivity index (χ1) is 4.27. The summed E-state index contributed by atoms with van der Waals surface area (Å²) in [6.07, 6.45) is 4.04. The molecule has 50 valence electrons. The van der Waals surface area contributed by atoms with Gasteiger partial charge in [0.1, 0.15) is 0 Å². The van der Waals surface area contributed by atoms with E-state index in [1.54, 1.807) is 0 Å². The van der Waals surface area contributed by atoms with Gasteiger partial charge in [0, 0.05) is 5.92 Å². The Kier molecular flexibility index (Phi) is 1.06. The Morgan fingerprint density at radius 2 is 1.78 bits per heavy atom. The molecule has 2 heteroatoms. The van der Waals surface area contributed by atoms with E-state index in [9.17, 15) is 0 Å². The molecule has 0 saturated heterocycles. The molecular formula is C7H11NS. The Balaban J connectivity index is 1.97. The third kappa shape index (κ3) is 0.855. The molecule has 2 unspecified atom stereocenters. The molecule has 9 heavy (non-hydrogen) atoms. The summed E-state index contributed by atoms with van der Waals surface area (Å²) in [6, 6.07) is 0. The van der Waals surface area contributed by atoms with E-state index in [4.69, 9.17) is 18.0 Å². The topological polar surface area (TPSA) is 26.0 Å². The van der Waals surface area contributed by atoms with Gasteiger partial charge in [-0.25, -0.2) is 0 Å². The molecule has 0 aromatic rings. The third-order valence-electron chi connectivity index (χ3n) is 2.65. The lowest BCUT2D eigenvalue weighted by atomic mass is 10.0. The van der Waals surface area contributed by atoms with E-state index >= 15 is 0 Å². The molecule has 2 saturated carbocycles. The minimum Gasteiger partial charge on any atom is -0.393 e. The number of nitrogens with two attached hydrogens (primary N) is 1. The fraction of sp³-hybridized carbons (Fsp3) is 0.857. The van der Waals surface area contributed by atoms with Crippen LogP contribution in [0.4, 0.5) is 0 Å². The molecule has 0 radical (unpaired) electrons. The monoisotopic (exact) mass is 141 g/mol. The maximum absolute atomic E-state index is 5.51. The average Bonchev–Trinajstić information content (AvgIpc) is 2.40. The summed E-state index contributed by atoms with van der Waals surface area (Å²) < 4.78 is 0. The Bertz CT molecular complexity index is 145. The molecule has 2 aliphatic carbocycles. The summed E-state index contributed by atoms with van der Waals surface area (Å²) in [5, 5.41) is 0. The lowest BCUT2D eigenvalue weighted by Crippen LogP contribution is -2.19. The lowest BCUT2D eigenvalue weighted by Gasteiger charge is -2.07. The van der Waals surface area contributed by atoms with E-state index in [1.165, 1.54) is 19.3 Å². The van der Waals surface area contributed by atoms with Gasteiger partial charge in [-0.3, -0.25) is 0 Å². The van der Waals surface area contributed by atoms with Crippen LogP contribution in [0.2, 0.25) is 0 Å². The van der Waals surface area contributed by atoms with Crippen molar-refractivity contribution in [1.29, 1.82) is 0 Å². The summed E-state index contributed by atoms with van der Waals surface area (Å²) in [4.78, 5) is 0.752. The van der Waals surface area contributed by atoms with Crippen LogP contribution in [0.3, 0.4) is 0 Å². The van der Waals surface area contributed by atoms with Crippen LogP contribution in [0, 0.1) is 17.8 Å². The van der Waals surface area contributed by atoms with E-state index in [2.05, 4.69) is 0 Å². The molecule has 2 N–H and O–H groups in total. The summed E-state index contributed by atoms with van der Waals surface area (Å²) in [6.45, 7) is 0. The highest BCUT2D eigenvalue weighted by Gasteiger charge is 2.46. The van der Waals surface area contributed by atoms with Gasteiger partial charge < -0.3 is 5.73 Å². The molecule has 2 aliphatic rings. The number of fused-ring (bicyclic) bond motifs is 1. The molecule has 0 aromatic carbocycles. The molecule has 2 atom stereocenters. The van der Waals surface area contributed by atoms with Gasteiger partial charge in [0.25, 0.3) is 0 Å². The maximum atomic E-state index is 5.51. The largest absolute Gasteiger partial charge is 0.393 e. The first-order valence-corrected chi connectivity index (χ1v) is 3.97. The zero-order chi connectivity index (χ0) is 6.43. The van der Waals surface area contributed by atoms with Crippen molar-refractivity contribution in [3.63, 3.8) is 0 Å². The molecule has 0 heterocycles. The summed E-state index contributed by atoms with van der Waals surface area (Å²) in [7, 11) is 0. The molecule has 0 amide bonds. The fourth-order valence-corrected chi connectivity index (χ4v) is 2.14. The number of hydrogen-bond acceptors (Lipinski definition) is 1. The molecule has 0 bridgehead atoms. The van der Waals surface area contributed by atoms with Crippen molar-refractivity contribution < 1.29 is 0 Å². The van der Waals surface area contributed by atoms with Crippen molar-refractivity contribution in [2.24, 2.45) is 23.5 Å². The quantitative estimate of drug-likeness (QED) is 0.557. The molecule has 1 nitrogen and oxygen atoms in total. The average molecular weight is 141 g/mol. The minimum atomic E-state index is 0.601. The normalized spacial score (nSPS) is 46.4. The summed E-state index contributed by atoms with van der Waals surface area (Å²) in [5.41, 5.74) is 5.51. The van der Waals surface area contributed by atoms with Crippen LogP contribution in [-0.4, -0.2) is 4.99 Å². The zero-order valence-electron chi connectivity index (χ0n) is 5.34. The summed E-state index contributed by atoms with van der Waals surface area (Å²) in [5.74, 6) is 2.62. The van der Waals surface area contributed by atoms with Crippen molar-refractivity contribution in [3.8, 4) is 0 Å². The van der Waals surface area contributed by atoms with Crippen molar-refractivity contribution >= 4 is 17.2 Å². The van der Waals surface area contributed by atoms with Crippen LogP contribution in [-0.2, 0) is 0 Å². The molecule has 2 rings (SSSR count). The van der Waals surface area contributed by atoms with Crippen molar-refractivity contribution in [1.82, 2.24) is 0 Å². The maximum Gasteiger partial charge on any atom is 0.0758 e. The van der Waals surface area contributed by atoms with Crippen molar-refractivity contribution in [2.45, 2.75) is 19.3 Å². The van der Waals surface area contributed by atoms with Crippen LogP contribution in [0.1, 0.15) is 19.3 Å². The van der Waals surface area contributed by atoms with Crippen molar-refractivity contribution in [2.75, 3.05) is 0 Å². The van der Waals surface area contributed by atoms with Gasteiger partial charge in [0.15, 0.2) is 0 Å². The van der Waals surface area contributed by atoms with Crippen LogP contribution < -0.4 is 5.73 Å². The van der Waals surface area contributed by atoms with E-state index in [1.807, 2.05) is 0 Å².